The van der Waals surface area contributed by atoms with E-state index in [4.69, 9.17) is 10.0 Å². The summed E-state index contributed by atoms with van der Waals surface area (Å²) in [6, 6.07) is 0. The maximum Gasteiger partial charge on any atom is 0.494 e. The molecule has 0 spiro atoms. The maximum atomic E-state index is 12.4. The molecule has 0 aliphatic rings. The third-order valence-electron chi connectivity index (χ3n) is 1.21. The van der Waals surface area contributed by atoms with Gasteiger partial charge in [-0.3, -0.25) is 4.79 Å². The summed E-state index contributed by atoms with van der Waals surface area (Å²) in [6.07, 6.45) is 1.88. The van der Waals surface area contributed by atoms with Crippen molar-refractivity contribution in [1.82, 2.24) is 4.98 Å². The average molecular weight is 157 g/mol. The SMILES string of the molecule is O=c1c(F)c[nH]cc1B(O)O. The van der Waals surface area contributed by atoms with Gasteiger partial charge in [0.1, 0.15) is 0 Å². The highest BCUT2D eigenvalue weighted by atomic mass is 19.1. The minimum Gasteiger partial charge on any atom is -0.423 e. The second-order valence-electron chi connectivity index (χ2n) is 1.96. The van der Waals surface area contributed by atoms with Crippen LogP contribution in [0.15, 0.2) is 17.2 Å². The zero-order valence-electron chi connectivity index (χ0n) is 5.41. The Morgan fingerprint density at radius 3 is 2.55 bits per heavy atom. The minimum absolute atomic E-state index is 0.398. The van der Waals surface area contributed by atoms with Crippen LogP contribution in [-0.4, -0.2) is 22.2 Å². The number of pyridine rings is 1. The maximum absolute atomic E-state index is 12.4. The van der Waals surface area contributed by atoms with Crippen molar-refractivity contribution in [2.45, 2.75) is 0 Å². The van der Waals surface area contributed by atoms with Gasteiger partial charge in [0, 0.05) is 17.9 Å². The predicted molar refractivity (Wildman–Crippen MR) is 36.8 cm³/mol. The summed E-state index contributed by atoms with van der Waals surface area (Å²) in [5.41, 5.74) is -1.40. The third kappa shape index (κ3) is 1.47. The van der Waals surface area contributed by atoms with E-state index in [1.165, 1.54) is 0 Å². The highest BCUT2D eigenvalue weighted by Gasteiger charge is 2.16. The molecule has 0 fully saturated rings. The highest BCUT2D eigenvalue weighted by molar-refractivity contribution is 6.58. The molecule has 58 valence electrons. The van der Waals surface area contributed by atoms with Crippen molar-refractivity contribution in [2.24, 2.45) is 0 Å². The van der Waals surface area contributed by atoms with Crippen LogP contribution in [0, 0.1) is 5.82 Å². The Hall–Kier alpha value is -1.14. The molecule has 0 aromatic carbocycles. The number of rotatable bonds is 1. The van der Waals surface area contributed by atoms with Crippen LogP contribution in [0.25, 0.3) is 0 Å². The molecule has 11 heavy (non-hydrogen) atoms. The zero-order chi connectivity index (χ0) is 8.43. The molecule has 0 bridgehead atoms. The van der Waals surface area contributed by atoms with Crippen LogP contribution in [0.2, 0.25) is 0 Å². The zero-order valence-corrected chi connectivity index (χ0v) is 5.41. The van der Waals surface area contributed by atoms with Crippen molar-refractivity contribution in [3.8, 4) is 0 Å². The standard InChI is InChI=1S/C5H5BFNO3/c7-4-2-8-1-3(5(4)9)6(10)11/h1-2,10-11H,(H,8,9). The number of aromatic amines is 1. The van der Waals surface area contributed by atoms with Crippen molar-refractivity contribution in [3.63, 3.8) is 0 Å². The summed E-state index contributed by atoms with van der Waals surface area (Å²) in [5, 5.41) is 17.0. The lowest BCUT2D eigenvalue weighted by atomic mass is 9.81. The Kier molecular flexibility index (Phi) is 2.07. The summed E-state index contributed by atoms with van der Waals surface area (Å²) in [7, 11) is -1.94. The molecule has 4 nitrogen and oxygen atoms in total. The van der Waals surface area contributed by atoms with Crippen LogP contribution in [0.1, 0.15) is 0 Å². The lowest BCUT2D eigenvalue weighted by Crippen LogP contribution is -2.42. The van der Waals surface area contributed by atoms with Gasteiger partial charge in [-0.25, -0.2) is 4.39 Å². The Labute approximate surface area is 61.5 Å². The number of halogens is 1. The molecule has 1 rings (SSSR count). The Morgan fingerprint density at radius 2 is 2.09 bits per heavy atom. The summed E-state index contributed by atoms with van der Waals surface area (Å²) < 4.78 is 12.4. The first-order chi connectivity index (χ1) is 5.13. The Morgan fingerprint density at radius 1 is 1.45 bits per heavy atom. The van der Waals surface area contributed by atoms with E-state index in [1.54, 1.807) is 0 Å². The molecule has 1 aromatic heterocycles. The average Bonchev–Trinajstić information content (AvgIpc) is 1.94. The number of hydrogen-bond donors (Lipinski definition) is 3. The van der Waals surface area contributed by atoms with Gasteiger partial charge in [-0.15, -0.1) is 0 Å². The summed E-state index contributed by atoms with van der Waals surface area (Å²) in [5.74, 6) is -1.03. The van der Waals surface area contributed by atoms with Gasteiger partial charge in [0.05, 0.1) is 0 Å². The quantitative estimate of drug-likeness (QED) is 0.420. The molecule has 0 atom stereocenters. The normalized spacial score (nSPS) is 9.73. The predicted octanol–water partition coefficient (Wildman–Crippen LogP) is -1.81. The number of aromatic nitrogens is 1. The number of hydrogen-bond acceptors (Lipinski definition) is 3. The summed E-state index contributed by atoms with van der Waals surface area (Å²) in [4.78, 5) is 13.0. The van der Waals surface area contributed by atoms with Gasteiger partial charge in [0.25, 0.3) is 0 Å². The van der Waals surface area contributed by atoms with Crippen molar-refractivity contribution in [3.05, 3.63) is 28.4 Å². The van der Waals surface area contributed by atoms with Crippen LogP contribution in [0.5, 0.6) is 0 Å². The molecule has 0 saturated heterocycles. The van der Waals surface area contributed by atoms with Crippen LogP contribution < -0.4 is 10.9 Å². The molecular formula is C5H5BFNO3. The molecule has 0 amide bonds. The van der Waals surface area contributed by atoms with Crippen molar-refractivity contribution in [2.75, 3.05) is 0 Å². The molecule has 0 aliphatic carbocycles. The first kappa shape index (κ1) is 7.97. The lowest BCUT2D eigenvalue weighted by Gasteiger charge is -1.95. The second-order valence-corrected chi connectivity index (χ2v) is 1.96. The molecule has 0 aliphatic heterocycles. The van der Waals surface area contributed by atoms with E-state index in [9.17, 15) is 9.18 Å². The van der Waals surface area contributed by atoms with Gasteiger partial charge in [0.15, 0.2) is 5.82 Å². The first-order valence-electron chi connectivity index (χ1n) is 2.85. The molecule has 0 unspecified atom stereocenters. The molecule has 3 N–H and O–H groups in total. The molecule has 1 aromatic rings. The number of H-pyrrole nitrogens is 1. The van der Waals surface area contributed by atoms with Crippen LogP contribution >= 0.6 is 0 Å². The van der Waals surface area contributed by atoms with Crippen molar-refractivity contribution in [1.29, 1.82) is 0 Å². The van der Waals surface area contributed by atoms with Gasteiger partial charge >= 0.3 is 7.12 Å². The second kappa shape index (κ2) is 2.85. The smallest absolute Gasteiger partial charge is 0.423 e. The van der Waals surface area contributed by atoms with Gasteiger partial charge in [-0.1, -0.05) is 0 Å². The van der Waals surface area contributed by atoms with Gasteiger partial charge < -0.3 is 15.0 Å². The minimum atomic E-state index is -1.94. The van der Waals surface area contributed by atoms with Crippen molar-refractivity contribution < 1.29 is 14.4 Å². The van der Waals surface area contributed by atoms with E-state index in [0.29, 0.717) is 0 Å². The summed E-state index contributed by atoms with van der Waals surface area (Å²) in [6.45, 7) is 0. The lowest BCUT2D eigenvalue weighted by molar-refractivity contribution is 0.424. The highest BCUT2D eigenvalue weighted by Crippen LogP contribution is 1.80. The fourth-order valence-corrected chi connectivity index (χ4v) is 0.665. The first-order valence-corrected chi connectivity index (χ1v) is 2.85. The van der Waals surface area contributed by atoms with Gasteiger partial charge in [0.2, 0.25) is 5.43 Å². The molecule has 1 heterocycles. The van der Waals surface area contributed by atoms with E-state index in [2.05, 4.69) is 4.98 Å². The topological polar surface area (TPSA) is 73.3 Å². The molecule has 0 saturated carbocycles. The largest absolute Gasteiger partial charge is 0.494 e. The fraction of sp³-hybridized carbons (Fsp3) is 0. The molecule has 6 heteroatoms. The fourth-order valence-electron chi connectivity index (χ4n) is 0.665. The van der Waals surface area contributed by atoms with Gasteiger partial charge in [-0.05, 0) is 0 Å². The van der Waals surface area contributed by atoms with Crippen LogP contribution in [-0.2, 0) is 0 Å². The van der Waals surface area contributed by atoms with E-state index < -0.39 is 23.8 Å². The van der Waals surface area contributed by atoms with E-state index >= 15 is 0 Å². The van der Waals surface area contributed by atoms with E-state index in [1.807, 2.05) is 0 Å². The molecular weight excluding hydrogens is 152 g/mol. The van der Waals surface area contributed by atoms with E-state index in [0.717, 1.165) is 12.4 Å². The summed E-state index contributed by atoms with van der Waals surface area (Å²) >= 11 is 0. The van der Waals surface area contributed by atoms with Crippen molar-refractivity contribution >= 4 is 12.6 Å². The number of nitrogens with one attached hydrogen (secondary N) is 1. The molecule has 0 radical (unpaired) electrons. The van der Waals surface area contributed by atoms with Gasteiger partial charge in [-0.2, -0.15) is 0 Å². The van der Waals surface area contributed by atoms with Crippen LogP contribution in [0.4, 0.5) is 4.39 Å². The third-order valence-corrected chi connectivity index (χ3v) is 1.21. The Bertz CT molecular complexity index is 311. The van der Waals surface area contributed by atoms with E-state index in [-0.39, 0.29) is 0 Å². The van der Waals surface area contributed by atoms with Crippen LogP contribution in [0.3, 0.4) is 0 Å². The monoisotopic (exact) mass is 157 g/mol. The Balaban J connectivity index is 3.28.